The van der Waals surface area contributed by atoms with Gasteiger partial charge in [-0.05, 0) is 41.0 Å². The lowest BCUT2D eigenvalue weighted by Crippen LogP contribution is -2.48. The Morgan fingerprint density at radius 3 is 2.51 bits per heavy atom. The van der Waals surface area contributed by atoms with Crippen molar-refractivity contribution in [3.05, 3.63) is 76.3 Å². The normalized spacial score (nSPS) is 16.1. The Labute approximate surface area is 249 Å². The van der Waals surface area contributed by atoms with Crippen LogP contribution in [0.5, 0.6) is 5.75 Å². The first kappa shape index (κ1) is 29.2. The lowest BCUT2D eigenvalue weighted by atomic mass is 9.98. The largest absolute Gasteiger partial charge is 0.482 e. The monoisotopic (exact) mass is 598 g/mol. The number of anilines is 2. The Hall–Kier alpha value is -3.34. The molecule has 0 radical (unpaired) electrons. The number of hydrogen-bond acceptors (Lipinski definition) is 7. The van der Waals surface area contributed by atoms with E-state index in [2.05, 4.69) is 16.4 Å². The maximum absolute atomic E-state index is 13.8. The number of ether oxygens (including phenoxy) is 2. The first-order valence-electron chi connectivity index (χ1n) is 13.3. The molecule has 0 aromatic heterocycles. The Kier molecular flexibility index (Phi) is 9.32. The number of carbonyl (C=O) groups excluding carboxylic acids is 2. The van der Waals surface area contributed by atoms with Crippen LogP contribution < -0.4 is 15.1 Å². The van der Waals surface area contributed by atoms with E-state index in [1.165, 1.54) is 4.90 Å². The van der Waals surface area contributed by atoms with Gasteiger partial charge in [0, 0.05) is 32.7 Å². The molecule has 5 rings (SSSR count). The van der Waals surface area contributed by atoms with Gasteiger partial charge < -0.3 is 14.4 Å². The molecule has 3 aromatic rings. The average molecular weight is 600 g/mol. The van der Waals surface area contributed by atoms with Gasteiger partial charge in [-0.1, -0.05) is 53.5 Å². The third-order valence-corrected chi connectivity index (χ3v) is 8.04. The van der Waals surface area contributed by atoms with Crippen LogP contribution in [0.4, 0.5) is 11.4 Å². The van der Waals surface area contributed by atoms with Crippen molar-refractivity contribution >= 4 is 46.4 Å². The Bertz CT molecular complexity index is 1420. The van der Waals surface area contributed by atoms with E-state index in [0.29, 0.717) is 36.2 Å². The summed E-state index contributed by atoms with van der Waals surface area (Å²) in [6.45, 7) is 3.12. The third kappa shape index (κ3) is 6.77. The van der Waals surface area contributed by atoms with Crippen LogP contribution in [0.25, 0.3) is 11.1 Å². The number of amides is 2. The van der Waals surface area contributed by atoms with Crippen molar-refractivity contribution in [3.63, 3.8) is 0 Å². The molecule has 1 atom stereocenters. The van der Waals surface area contributed by atoms with Crippen molar-refractivity contribution in [2.24, 2.45) is 0 Å². The maximum Gasteiger partial charge on any atom is 0.265 e. The highest BCUT2D eigenvalue weighted by atomic mass is 35.5. The molecular weight excluding hydrogens is 567 g/mol. The number of nitrogens with zero attached hydrogens (tertiary/aromatic N) is 3. The fraction of sp³-hybridized carbons (Fsp3) is 0.333. The van der Waals surface area contributed by atoms with E-state index in [9.17, 15) is 9.59 Å². The molecule has 1 fully saturated rings. The molecule has 0 aliphatic carbocycles. The molecule has 41 heavy (non-hydrogen) atoms. The van der Waals surface area contributed by atoms with E-state index >= 15 is 0 Å². The minimum Gasteiger partial charge on any atom is -0.482 e. The highest BCUT2D eigenvalue weighted by Crippen LogP contribution is 2.39. The minimum atomic E-state index is -0.325. The Balaban J connectivity index is 1.43. The summed E-state index contributed by atoms with van der Waals surface area (Å²) in [6, 6.07) is 19.0. The standard InChI is InChI=1S/C30H32Cl2N4O5/c1-34(29(37)18-36-26-15-24(31)25(32)16-28(26)41-19-30(36)38)27(17-35-9-11-40-12-10-35)22-7-3-5-20(13-22)21-6-4-8-23(14-21)33-39-2/h3-8,13-16,27,33H,9-12,17-19H2,1-2H3. The predicted octanol–water partition coefficient (Wildman–Crippen LogP) is 4.89. The molecule has 9 nitrogen and oxygen atoms in total. The number of benzene rings is 3. The second kappa shape index (κ2) is 13.1. The zero-order chi connectivity index (χ0) is 28.9. The number of fused-ring (bicyclic) bond motifs is 1. The van der Waals surface area contributed by atoms with Gasteiger partial charge in [0.05, 0.1) is 47.8 Å². The number of nitrogens with one attached hydrogen (secondary N) is 1. The van der Waals surface area contributed by atoms with Crippen molar-refractivity contribution in [2.75, 3.05) is 70.5 Å². The summed E-state index contributed by atoms with van der Waals surface area (Å²) >= 11 is 12.4. The van der Waals surface area contributed by atoms with Crippen molar-refractivity contribution in [2.45, 2.75) is 6.04 Å². The molecule has 0 spiro atoms. The first-order valence-corrected chi connectivity index (χ1v) is 14.1. The summed E-state index contributed by atoms with van der Waals surface area (Å²) < 4.78 is 11.1. The maximum atomic E-state index is 13.8. The van der Waals surface area contributed by atoms with Gasteiger partial charge in [0.25, 0.3) is 5.91 Å². The second-order valence-electron chi connectivity index (χ2n) is 9.95. The Morgan fingerprint density at radius 2 is 1.76 bits per heavy atom. The van der Waals surface area contributed by atoms with Crippen LogP contribution in [-0.4, -0.2) is 81.8 Å². The molecule has 2 amide bonds. The van der Waals surface area contributed by atoms with Gasteiger partial charge in [0.1, 0.15) is 12.3 Å². The Morgan fingerprint density at radius 1 is 1.05 bits per heavy atom. The zero-order valence-electron chi connectivity index (χ0n) is 22.9. The van der Waals surface area contributed by atoms with Gasteiger partial charge >= 0.3 is 0 Å². The lowest BCUT2D eigenvalue weighted by Gasteiger charge is -2.37. The van der Waals surface area contributed by atoms with E-state index in [1.807, 2.05) is 42.5 Å². The van der Waals surface area contributed by atoms with Gasteiger partial charge in [-0.25, -0.2) is 0 Å². The summed E-state index contributed by atoms with van der Waals surface area (Å²) in [5, 5.41) is 0.596. The van der Waals surface area contributed by atoms with Gasteiger partial charge in [-0.15, -0.1) is 0 Å². The SMILES string of the molecule is CONc1cccc(-c2cccc(C(CN3CCOCC3)N(C)C(=O)CN3C(=O)COc4cc(Cl)c(Cl)cc43)c2)c1. The molecule has 2 aliphatic heterocycles. The van der Waals surface area contributed by atoms with Crippen LogP contribution in [0, 0.1) is 0 Å². The smallest absolute Gasteiger partial charge is 0.265 e. The fourth-order valence-corrected chi connectivity index (χ4v) is 5.39. The van der Waals surface area contributed by atoms with E-state index in [0.717, 1.165) is 35.5 Å². The van der Waals surface area contributed by atoms with Gasteiger partial charge in [-0.2, -0.15) is 0 Å². The second-order valence-corrected chi connectivity index (χ2v) is 10.8. The molecule has 2 aliphatic rings. The number of likely N-dealkylation sites (N-methyl/N-ethyl adjacent to an activating group) is 1. The molecule has 3 aromatic carbocycles. The van der Waals surface area contributed by atoms with Gasteiger partial charge in [0.15, 0.2) is 6.61 Å². The first-order chi connectivity index (χ1) is 19.8. The van der Waals surface area contributed by atoms with Crippen molar-refractivity contribution in [1.29, 1.82) is 0 Å². The summed E-state index contributed by atoms with van der Waals surface area (Å²) in [5.41, 5.74) is 7.14. The van der Waals surface area contributed by atoms with Crippen molar-refractivity contribution in [3.8, 4) is 16.9 Å². The summed E-state index contributed by atoms with van der Waals surface area (Å²) in [7, 11) is 3.35. The quantitative estimate of drug-likeness (QED) is 0.351. The summed E-state index contributed by atoms with van der Waals surface area (Å²) in [6.07, 6.45) is 0. The number of halogens is 2. The van der Waals surface area contributed by atoms with Crippen LogP contribution in [0.1, 0.15) is 11.6 Å². The predicted molar refractivity (Wildman–Crippen MR) is 160 cm³/mol. The number of morpholine rings is 1. The third-order valence-electron chi connectivity index (χ3n) is 7.32. The zero-order valence-corrected chi connectivity index (χ0v) is 24.5. The molecule has 2 heterocycles. The van der Waals surface area contributed by atoms with Crippen LogP contribution in [0.2, 0.25) is 10.0 Å². The van der Waals surface area contributed by atoms with Crippen molar-refractivity contribution < 1.29 is 23.9 Å². The minimum absolute atomic E-state index is 0.159. The van der Waals surface area contributed by atoms with Crippen LogP contribution in [0.3, 0.4) is 0 Å². The highest BCUT2D eigenvalue weighted by Gasteiger charge is 2.32. The van der Waals surface area contributed by atoms with E-state index < -0.39 is 0 Å². The molecule has 216 valence electrons. The summed E-state index contributed by atoms with van der Waals surface area (Å²) in [4.78, 5) is 37.2. The van der Waals surface area contributed by atoms with E-state index in [4.69, 9.17) is 37.5 Å². The number of hydrogen-bond donors (Lipinski definition) is 1. The molecule has 0 bridgehead atoms. The molecule has 1 unspecified atom stereocenters. The molecule has 11 heteroatoms. The van der Waals surface area contributed by atoms with Crippen LogP contribution >= 0.6 is 23.2 Å². The summed E-state index contributed by atoms with van der Waals surface area (Å²) in [5.74, 6) is -0.127. The van der Waals surface area contributed by atoms with Gasteiger partial charge in [0.2, 0.25) is 5.91 Å². The lowest BCUT2D eigenvalue weighted by molar-refractivity contribution is -0.133. The van der Waals surface area contributed by atoms with E-state index in [-0.39, 0.29) is 36.0 Å². The fourth-order valence-electron chi connectivity index (χ4n) is 5.08. The van der Waals surface area contributed by atoms with Crippen LogP contribution in [-0.2, 0) is 19.2 Å². The van der Waals surface area contributed by atoms with Crippen LogP contribution in [0.15, 0.2) is 60.7 Å². The van der Waals surface area contributed by atoms with Crippen molar-refractivity contribution in [1.82, 2.24) is 9.80 Å². The van der Waals surface area contributed by atoms with E-state index in [1.54, 1.807) is 31.2 Å². The topological polar surface area (TPSA) is 83.6 Å². The number of rotatable bonds is 9. The molecule has 1 N–H and O–H groups in total. The molecule has 1 saturated heterocycles. The highest BCUT2D eigenvalue weighted by molar-refractivity contribution is 6.42. The van der Waals surface area contributed by atoms with Gasteiger partial charge in [-0.3, -0.25) is 29.7 Å². The molecule has 0 saturated carbocycles. The number of carbonyl (C=O) groups is 2. The average Bonchev–Trinajstić information content (AvgIpc) is 2.99. The molecular formula is C30H32Cl2N4O5.